The smallest absolute Gasteiger partial charge is 0.106 e. The van der Waals surface area contributed by atoms with E-state index in [-0.39, 0.29) is 18.3 Å². The van der Waals surface area contributed by atoms with Crippen LogP contribution in [-0.2, 0) is 4.74 Å². The Balaban J connectivity index is 1.24. The van der Waals surface area contributed by atoms with E-state index in [0.717, 1.165) is 45.1 Å². The molecule has 0 aromatic carbocycles. The van der Waals surface area contributed by atoms with Crippen molar-refractivity contribution in [3.8, 4) is 0 Å². The molecule has 0 amide bonds. The normalized spacial score (nSPS) is 49.8. The van der Waals surface area contributed by atoms with Crippen molar-refractivity contribution in [2.45, 2.75) is 115 Å². The number of rotatable bonds is 5. The first kappa shape index (κ1) is 25.5. The van der Waals surface area contributed by atoms with Gasteiger partial charge in [-0.05, 0) is 101 Å². The van der Waals surface area contributed by atoms with Gasteiger partial charge in [0.15, 0.2) is 0 Å². The Kier molecular flexibility index (Phi) is 8.84. The van der Waals surface area contributed by atoms with E-state index < -0.39 is 36.5 Å². The van der Waals surface area contributed by atoms with Crippen molar-refractivity contribution in [1.82, 2.24) is 0 Å². The van der Waals surface area contributed by atoms with Gasteiger partial charge in [-0.1, -0.05) is 13.0 Å². The summed E-state index contributed by atoms with van der Waals surface area (Å²) in [5.74, 6) is 0.225. The third kappa shape index (κ3) is 6.16. The van der Waals surface area contributed by atoms with Gasteiger partial charge >= 0.3 is 0 Å². The summed E-state index contributed by atoms with van der Waals surface area (Å²) in [6.45, 7) is 6.27. The molecule has 33 heavy (non-hydrogen) atoms. The number of hydrogen-bond donors (Lipinski definition) is 0. The number of alkyl halides is 4. The fourth-order valence-corrected chi connectivity index (χ4v) is 7.40. The second-order valence-electron chi connectivity index (χ2n) is 11.9. The topological polar surface area (TPSA) is 9.23 Å². The molecule has 1 nitrogen and oxygen atoms in total. The van der Waals surface area contributed by atoms with Gasteiger partial charge in [-0.25, -0.2) is 17.6 Å². The van der Waals surface area contributed by atoms with Crippen LogP contribution < -0.4 is 0 Å². The SMILES string of the molecule is C=CC1CCC(C2CCC(C3CC(F)C(CC4CCC(F)C(C)C(F)C4)C(F)C3)CC2)OC1. The van der Waals surface area contributed by atoms with Gasteiger partial charge in [0.1, 0.15) is 24.7 Å². The largest absolute Gasteiger partial charge is 0.377 e. The average Bonchev–Trinajstić information content (AvgIpc) is 2.95. The summed E-state index contributed by atoms with van der Waals surface area (Å²) in [6.07, 6.45) is 6.59. The first-order valence-corrected chi connectivity index (χ1v) is 13.7. The van der Waals surface area contributed by atoms with E-state index in [4.69, 9.17) is 4.74 Å². The van der Waals surface area contributed by atoms with Crippen LogP contribution in [0.1, 0.15) is 84.0 Å². The molecule has 8 atom stereocenters. The number of ether oxygens (including phenoxy) is 1. The Bertz CT molecular complexity index is 601. The fraction of sp³-hybridized carbons (Fsp3) is 0.929. The maximum atomic E-state index is 15.2. The lowest BCUT2D eigenvalue weighted by atomic mass is 9.66. The molecule has 8 unspecified atom stereocenters. The van der Waals surface area contributed by atoms with Crippen LogP contribution in [0.2, 0.25) is 0 Å². The highest BCUT2D eigenvalue weighted by Crippen LogP contribution is 2.47. The summed E-state index contributed by atoms with van der Waals surface area (Å²) in [5, 5.41) is 0. The van der Waals surface area contributed by atoms with E-state index in [1.54, 1.807) is 6.92 Å². The van der Waals surface area contributed by atoms with Gasteiger partial charge in [0, 0.05) is 17.8 Å². The van der Waals surface area contributed by atoms with E-state index in [9.17, 15) is 8.78 Å². The van der Waals surface area contributed by atoms with Gasteiger partial charge in [-0.2, -0.15) is 0 Å². The lowest BCUT2D eigenvalue weighted by molar-refractivity contribution is -0.0559. The van der Waals surface area contributed by atoms with Crippen molar-refractivity contribution in [1.29, 1.82) is 0 Å². The zero-order valence-electron chi connectivity index (χ0n) is 20.3. The summed E-state index contributed by atoms with van der Waals surface area (Å²) in [5.41, 5.74) is 0. The van der Waals surface area contributed by atoms with Gasteiger partial charge in [-0.3, -0.25) is 0 Å². The molecule has 0 aromatic rings. The van der Waals surface area contributed by atoms with Crippen molar-refractivity contribution in [3.63, 3.8) is 0 Å². The minimum atomic E-state index is -1.20. The molecule has 4 aliphatic rings. The van der Waals surface area contributed by atoms with Crippen molar-refractivity contribution in [2.75, 3.05) is 6.61 Å². The summed E-state index contributed by atoms with van der Waals surface area (Å²) >= 11 is 0. The summed E-state index contributed by atoms with van der Waals surface area (Å²) in [4.78, 5) is 0. The Morgan fingerprint density at radius 3 is 2.00 bits per heavy atom. The van der Waals surface area contributed by atoms with Crippen molar-refractivity contribution >= 4 is 0 Å². The first-order valence-electron chi connectivity index (χ1n) is 13.7. The van der Waals surface area contributed by atoms with E-state index in [1.807, 2.05) is 6.08 Å². The zero-order valence-corrected chi connectivity index (χ0v) is 20.3. The van der Waals surface area contributed by atoms with Crippen LogP contribution in [0.25, 0.3) is 0 Å². The van der Waals surface area contributed by atoms with Crippen LogP contribution >= 0.6 is 0 Å². The Morgan fingerprint density at radius 2 is 1.39 bits per heavy atom. The van der Waals surface area contributed by atoms with Crippen LogP contribution in [-0.4, -0.2) is 37.4 Å². The molecule has 4 rings (SSSR count). The average molecular weight is 473 g/mol. The van der Waals surface area contributed by atoms with E-state index in [2.05, 4.69) is 6.58 Å². The highest BCUT2D eigenvalue weighted by molar-refractivity contribution is 4.94. The Morgan fingerprint density at radius 1 is 0.727 bits per heavy atom. The molecule has 1 heterocycles. The Labute approximate surface area is 198 Å². The molecule has 0 spiro atoms. The zero-order chi connectivity index (χ0) is 23.5. The molecule has 0 bridgehead atoms. The lowest BCUT2D eigenvalue weighted by Gasteiger charge is -2.43. The van der Waals surface area contributed by atoms with Gasteiger partial charge in [0.25, 0.3) is 0 Å². The standard InChI is InChI=1S/C28H44F4O/c1-3-18-5-11-28(33-16-18)21-8-6-20(7-9-21)22-14-26(31)23(27(32)15-22)12-19-4-10-24(29)17(2)25(30)13-19/h3,17-28H,1,4-16H2,2H3. The highest BCUT2D eigenvalue weighted by Gasteiger charge is 2.44. The van der Waals surface area contributed by atoms with Crippen LogP contribution in [0.5, 0.6) is 0 Å². The summed E-state index contributed by atoms with van der Waals surface area (Å²) in [6, 6.07) is 0. The van der Waals surface area contributed by atoms with E-state index in [1.165, 1.54) is 0 Å². The third-order valence-electron chi connectivity index (χ3n) is 9.83. The molecule has 4 fully saturated rings. The van der Waals surface area contributed by atoms with Crippen LogP contribution in [0.3, 0.4) is 0 Å². The Hall–Kier alpha value is -0.580. The van der Waals surface area contributed by atoms with Crippen LogP contribution in [0.15, 0.2) is 12.7 Å². The molecule has 1 saturated heterocycles. The molecule has 1 aliphatic heterocycles. The van der Waals surface area contributed by atoms with Crippen LogP contribution in [0.4, 0.5) is 17.6 Å². The minimum absolute atomic E-state index is 0.104. The molecule has 190 valence electrons. The fourth-order valence-electron chi connectivity index (χ4n) is 7.40. The van der Waals surface area contributed by atoms with E-state index >= 15 is 8.78 Å². The predicted octanol–water partition coefficient (Wildman–Crippen LogP) is 7.98. The monoisotopic (exact) mass is 472 g/mol. The van der Waals surface area contributed by atoms with Crippen molar-refractivity contribution in [2.24, 2.45) is 41.4 Å². The molecule has 0 aromatic heterocycles. The molecular formula is C28H44F4O. The van der Waals surface area contributed by atoms with Gasteiger partial charge in [0.2, 0.25) is 0 Å². The lowest BCUT2D eigenvalue weighted by Crippen LogP contribution is -2.41. The second-order valence-corrected chi connectivity index (χ2v) is 11.9. The molecule has 3 aliphatic carbocycles. The molecular weight excluding hydrogens is 428 g/mol. The van der Waals surface area contributed by atoms with Gasteiger partial charge < -0.3 is 4.74 Å². The number of halogens is 4. The second kappa shape index (κ2) is 11.4. The van der Waals surface area contributed by atoms with Gasteiger partial charge in [0.05, 0.1) is 12.7 Å². The maximum Gasteiger partial charge on any atom is 0.106 e. The molecule has 0 N–H and O–H groups in total. The van der Waals surface area contributed by atoms with Crippen molar-refractivity contribution in [3.05, 3.63) is 12.7 Å². The summed E-state index contributed by atoms with van der Waals surface area (Å²) < 4.78 is 64.9. The van der Waals surface area contributed by atoms with Crippen LogP contribution in [0, 0.1) is 41.4 Å². The first-order chi connectivity index (χ1) is 15.9. The molecule has 0 radical (unpaired) electrons. The molecule has 5 heteroatoms. The van der Waals surface area contributed by atoms with E-state index in [0.29, 0.717) is 56.0 Å². The quantitative estimate of drug-likeness (QED) is 0.224. The maximum absolute atomic E-state index is 15.2. The molecule has 3 saturated carbocycles. The highest BCUT2D eigenvalue weighted by atomic mass is 19.2. The third-order valence-corrected chi connectivity index (χ3v) is 9.83. The summed E-state index contributed by atoms with van der Waals surface area (Å²) in [7, 11) is 0. The minimum Gasteiger partial charge on any atom is -0.377 e. The van der Waals surface area contributed by atoms with Gasteiger partial charge in [-0.15, -0.1) is 6.58 Å². The number of hydrogen-bond acceptors (Lipinski definition) is 1. The van der Waals surface area contributed by atoms with Crippen molar-refractivity contribution < 1.29 is 22.3 Å². The predicted molar refractivity (Wildman–Crippen MR) is 125 cm³/mol.